The Balaban J connectivity index is 2.83. The van der Waals surface area contributed by atoms with Gasteiger partial charge >= 0.3 is 0 Å². The van der Waals surface area contributed by atoms with E-state index in [1.165, 1.54) is 0 Å². The van der Waals surface area contributed by atoms with Crippen LogP contribution < -0.4 is 4.72 Å². The van der Waals surface area contributed by atoms with Crippen LogP contribution in [0.3, 0.4) is 0 Å². The van der Waals surface area contributed by atoms with Crippen molar-refractivity contribution in [3.8, 4) is 0 Å². The fourth-order valence-electron chi connectivity index (χ4n) is 0.402. The predicted molar refractivity (Wildman–Crippen MR) is 45.1 cm³/mol. The maximum Gasteiger partial charge on any atom is 0.0600 e. The van der Waals surface area contributed by atoms with Crippen molar-refractivity contribution in [1.82, 2.24) is 4.72 Å². The Bertz CT molecular complexity index is 87.0. The number of nitrogens with one attached hydrogen (secondary N) is 1. The van der Waals surface area contributed by atoms with Gasteiger partial charge in [-0.1, -0.05) is 9.64 Å². The van der Waals surface area contributed by atoms with Crippen LogP contribution in [0, 0.1) is 0 Å². The Kier molecular flexibility index (Phi) is 6.97. The van der Waals surface area contributed by atoms with Gasteiger partial charge in [0.05, 0.1) is 6.61 Å². The number of hydrogen-bond acceptors (Lipinski definition) is 2. The molecule has 1 N–H and O–H groups in total. The maximum absolute atomic E-state index is 5.08. The molecule has 0 aromatic heterocycles. The highest BCUT2D eigenvalue weighted by molar-refractivity contribution is 8.27. The minimum atomic E-state index is -0.0657. The molecule has 0 saturated heterocycles. The predicted octanol–water partition coefficient (Wildman–Crippen LogP) is 0.238. The lowest BCUT2D eigenvalue weighted by Crippen LogP contribution is -2.20. The molecule has 1 atom stereocenters. The molecule has 0 aromatic rings. The van der Waals surface area contributed by atoms with Crippen LogP contribution in [0.1, 0.15) is 6.92 Å². The lowest BCUT2D eigenvalue weighted by molar-refractivity contribution is 0.153. The minimum Gasteiger partial charge on any atom is -0.380 e. The Morgan fingerprint density at radius 1 is 1.67 bits per heavy atom. The van der Waals surface area contributed by atoms with Gasteiger partial charge < -0.3 is 4.74 Å². The second kappa shape index (κ2) is 6.61. The molecule has 0 amide bonds. The molecule has 2 nitrogen and oxygen atoms in total. The maximum atomic E-state index is 5.08. The van der Waals surface area contributed by atoms with Crippen LogP contribution in [0.5, 0.6) is 0 Å². The van der Waals surface area contributed by atoms with Gasteiger partial charge in [-0.15, -0.1) is 0 Å². The van der Waals surface area contributed by atoms with Gasteiger partial charge in [0.25, 0.3) is 0 Å². The fourth-order valence-corrected chi connectivity index (χ4v) is 1.02. The first-order chi connectivity index (χ1) is 4.27. The summed E-state index contributed by atoms with van der Waals surface area (Å²) in [5.41, 5.74) is 0. The molecule has 0 aliphatic rings. The molecule has 0 heterocycles. The molecule has 0 aromatic carbocycles. The smallest absolute Gasteiger partial charge is 0.0600 e. The third-order valence-corrected chi connectivity index (χ3v) is 1.72. The zero-order chi connectivity index (χ0) is 7.11. The SMILES string of the molecule is CCOCCNS(C)=S. The van der Waals surface area contributed by atoms with Gasteiger partial charge in [0.15, 0.2) is 0 Å². The van der Waals surface area contributed by atoms with Crippen molar-refractivity contribution in [1.29, 1.82) is 0 Å². The highest BCUT2D eigenvalue weighted by Gasteiger charge is 1.84. The largest absolute Gasteiger partial charge is 0.380 e. The Labute approximate surface area is 63.7 Å². The summed E-state index contributed by atoms with van der Waals surface area (Å²) in [6, 6.07) is 0. The highest BCUT2D eigenvalue weighted by Crippen LogP contribution is 1.71. The third-order valence-electron chi connectivity index (χ3n) is 0.756. The summed E-state index contributed by atoms with van der Waals surface area (Å²) in [7, 11) is -0.0657. The van der Waals surface area contributed by atoms with E-state index in [0.717, 1.165) is 19.8 Å². The number of rotatable bonds is 5. The number of hydrogen-bond donors (Lipinski definition) is 1. The zero-order valence-corrected chi connectivity index (χ0v) is 7.48. The van der Waals surface area contributed by atoms with E-state index in [-0.39, 0.29) is 9.64 Å². The van der Waals surface area contributed by atoms with Gasteiger partial charge in [-0.2, -0.15) is 0 Å². The van der Waals surface area contributed by atoms with Crippen molar-refractivity contribution in [3.05, 3.63) is 0 Å². The summed E-state index contributed by atoms with van der Waals surface area (Å²) in [5, 5.41) is 0. The summed E-state index contributed by atoms with van der Waals surface area (Å²) in [5.74, 6) is 0. The summed E-state index contributed by atoms with van der Waals surface area (Å²) in [6.07, 6.45) is 1.97. The summed E-state index contributed by atoms with van der Waals surface area (Å²) < 4.78 is 8.18. The van der Waals surface area contributed by atoms with Gasteiger partial charge in [0.2, 0.25) is 0 Å². The van der Waals surface area contributed by atoms with Crippen molar-refractivity contribution in [2.24, 2.45) is 0 Å². The third kappa shape index (κ3) is 8.49. The van der Waals surface area contributed by atoms with Crippen LogP contribution in [-0.2, 0) is 25.6 Å². The van der Waals surface area contributed by atoms with E-state index in [2.05, 4.69) is 4.72 Å². The molecule has 0 rings (SSSR count). The molecule has 1 unspecified atom stereocenters. The van der Waals surface area contributed by atoms with E-state index in [1.54, 1.807) is 0 Å². The molecule has 0 bridgehead atoms. The van der Waals surface area contributed by atoms with Crippen molar-refractivity contribution in [2.45, 2.75) is 6.92 Å². The quantitative estimate of drug-likeness (QED) is 0.593. The van der Waals surface area contributed by atoms with E-state index in [1.807, 2.05) is 13.2 Å². The molecule has 0 fully saturated rings. The number of ether oxygens (including phenoxy) is 1. The molecule has 56 valence electrons. The lowest BCUT2D eigenvalue weighted by atomic mass is 10.7. The first-order valence-electron chi connectivity index (χ1n) is 2.92. The molecule has 0 radical (unpaired) electrons. The van der Waals surface area contributed by atoms with Gasteiger partial charge in [0.1, 0.15) is 0 Å². The molecule has 9 heavy (non-hydrogen) atoms. The van der Waals surface area contributed by atoms with Crippen LogP contribution in [0.4, 0.5) is 0 Å². The van der Waals surface area contributed by atoms with Crippen molar-refractivity contribution in [3.63, 3.8) is 0 Å². The standard InChI is InChI=1S/C5H13NOS2/c1-3-7-5-4-6-9(2)8/h6H,3-5H2,1-2H3. The second-order valence-electron chi connectivity index (χ2n) is 1.55. The van der Waals surface area contributed by atoms with Crippen molar-refractivity contribution < 1.29 is 4.74 Å². The minimum absolute atomic E-state index is 0.0657. The highest BCUT2D eigenvalue weighted by atomic mass is 32.8. The normalized spacial score (nSPS) is 13.6. The second-order valence-corrected chi connectivity index (χ2v) is 4.24. The van der Waals surface area contributed by atoms with E-state index in [0.29, 0.717) is 0 Å². The van der Waals surface area contributed by atoms with E-state index in [4.69, 9.17) is 15.9 Å². The van der Waals surface area contributed by atoms with E-state index >= 15 is 0 Å². The lowest BCUT2D eigenvalue weighted by Gasteiger charge is -2.01. The zero-order valence-electron chi connectivity index (χ0n) is 5.85. The average Bonchev–Trinajstić information content (AvgIpc) is 1.80. The molecule has 0 saturated carbocycles. The monoisotopic (exact) mass is 167 g/mol. The van der Waals surface area contributed by atoms with Crippen LogP contribution >= 0.6 is 0 Å². The van der Waals surface area contributed by atoms with E-state index in [9.17, 15) is 0 Å². The van der Waals surface area contributed by atoms with Gasteiger partial charge in [-0.25, -0.2) is 0 Å². The Morgan fingerprint density at radius 2 is 2.33 bits per heavy atom. The van der Waals surface area contributed by atoms with E-state index < -0.39 is 0 Å². The fraction of sp³-hybridized carbons (Fsp3) is 1.00. The first kappa shape index (κ1) is 9.49. The molecule has 0 spiro atoms. The van der Waals surface area contributed by atoms with Gasteiger partial charge in [-0.3, -0.25) is 4.72 Å². The van der Waals surface area contributed by atoms with Crippen LogP contribution in [0.2, 0.25) is 0 Å². The molecule has 0 aliphatic heterocycles. The van der Waals surface area contributed by atoms with Crippen LogP contribution in [-0.4, -0.2) is 26.0 Å². The van der Waals surface area contributed by atoms with Crippen molar-refractivity contribution in [2.75, 3.05) is 26.0 Å². The molecule has 0 aliphatic carbocycles. The van der Waals surface area contributed by atoms with Crippen LogP contribution in [0.15, 0.2) is 0 Å². The first-order valence-corrected chi connectivity index (χ1v) is 5.48. The molecular formula is C5H13NOS2. The molecule has 4 heteroatoms. The topological polar surface area (TPSA) is 21.3 Å². The van der Waals surface area contributed by atoms with Gasteiger partial charge in [-0.05, 0) is 24.4 Å². The van der Waals surface area contributed by atoms with Crippen LogP contribution in [0.25, 0.3) is 0 Å². The molecular weight excluding hydrogens is 154 g/mol. The van der Waals surface area contributed by atoms with Gasteiger partial charge in [0, 0.05) is 13.2 Å². The average molecular weight is 167 g/mol. The van der Waals surface area contributed by atoms with Crippen molar-refractivity contribution >= 4 is 20.8 Å². The Hall–Kier alpha value is 0.490. The Morgan fingerprint density at radius 3 is 2.78 bits per heavy atom. The summed E-state index contributed by atoms with van der Waals surface area (Å²) >= 11 is 4.89. The summed E-state index contributed by atoms with van der Waals surface area (Å²) in [4.78, 5) is 0. The summed E-state index contributed by atoms with van der Waals surface area (Å²) in [6.45, 7) is 4.41.